The fraction of sp³-hybridized carbons (Fsp3) is 0.727. The molecule has 0 fully saturated rings. The molecule has 1 aromatic heterocycles. The number of rotatable bonds is 5. The number of aryl methyl sites for hydroxylation is 1. The van der Waals surface area contributed by atoms with Crippen molar-refractivity contribution >= 4 is 10.0 Å². The molecule has 0 aromatic carbocycles. The van der Waals surface area contributed by atoms with Gasteiger partial charge in [0.15, 0.2) is 5.03 Å². The third kappa shape index (κ3) is 3.79. The van der Waals surface area contributed by atoms with Gasteiger partial charge < -0.3 is 10.3 Å². The Kier molecular flexibility index (Phi) is 4.52. The molecule has 0 saturated heterocycles. The van der Waals surface area contributed by atoms with Crippen LogP contribution in [-0.2, 0) is 17.1 Å². The van der Waals surface area contributed by atoms with Gasteiger partial charge in [-0.3, -0.25) is 0 Å². The third-order valence-corrected chi connectivity index (χ3v) is 4.11. The molecule has 1 unspecified atom stereocenters. The first-order valence-electron chi connectivity index (χ1n) is 5.87. The van der Waals surface area contributed by atoms with E-state index in [0.717, 1.165) is 0 Å². The molecule has 7 heteroatoms. The van der Waals surface area contributed by atoms with Crippen molar-refractivity contribution in [1.82, 2.24) is 14.3 Å². The van der Waals surface area contributed by atoms with Crippen LogP contribution >= 0.6 is 0 Å². The second-order valence-corrected chi connectivity index (χ2v) is 7.16. The number of nitrogens with two attached hydrogens (primary N) is 1. The van der Waals surface area contributed by atoms with Crippen LogP contribution in [0, 0.1) is 5.41 Å². The van der Waals surface area contributed by atoms with E-state index in [0.29, 0.717) is 13.0 Å². The molecule has 0 bridgehead atoms. The molecule has 6 nitrogen and oxygen atoms in total. The molecule has 3 N–H and O–H groups in total. The summed E-state index contributed by atoms with van der Waals surface area (Å²) in [4.78, 5) is 3.86. The van der Waals surface area contributed by atoms with Crippen LogP contribution in [0.3, 0.4) is 0 Å². The highest BCUT2D eigenvalue weighted by Crippen LogP contribution is 2.23. The summed E-state index contributed by atoms with van der Waals surface area (Å²) in [5, 5.41) is 0.0382. The standard InChI is InChI=1S/C11H22N4O2S/c1-11(2,3)9(5-6-12)14-18(16,17)10-7-15(4)8-13-10/h7-9,14H,5-6,12H2,1-4H3. The summed E-state index contributed by atoms with van der Waals surface area (Å²) in [5.41, 5.74) is 5.34. The smallest absolute Gasteiger partial charge is 0.259 e. The molecule has 1 aromatic rings. The maximum absolute atomic E-state index is 12.1. The Bertz CT molecular complexity index is 487. The predicted octanol–water partition coefficient (Wildman–Crippen LogP) is 0.462. The van der Waals surface area contributed by atoms with Crippen LogP contribution in [0.2, 0.25) is 0 Å². The Hall–Kier alpha value is -0.920. The van der Waals surface area contributed by atoms with Gasteiger partial charge in [-0.1, -0.05) is 20.8 Å². The van der Waals surface area contributed by atoms with Crippen LogP contribution in [0.25, 0.3) is 0 Å². The minimum absolute atomic E-state index is 0.0382. The van der Waals surface area contributed by atoms with Gasteiger partial charge in [-0.15, -0.1) is 0 Å². The number of hydrogen-bond acceptors (Lipinski definition) is 4. The van der Waals surface area contributed by atoms with Crippen molar-refractivity contribution in [1.29, 1.82) is 0 Å². The minimum Gasteiger partial charge on any atom is -0.339 e. The minimum atomic E-state index is -3.58. The molecule has 1 atom stereocenters. The first-order chi connectivity index (χ1) is 8.16. The Morgan fingerprint density at radius 2 is 2.11 bits per heavy atom. The molecule has 0 aliphatic heterocycles. The summed E-state index contributed by atoms with van der Waals surface area (Å²) >= 11 is 0. The lowest BCUT2D eigenvalue weighted by molar-refractivity contribution is 0.287. The second-order valence-electron chi connectivity index (χ2n) is 5.49. The SMILES string of the molecule is Cn1cnc(S(=O)(=O)NC(CCN)C(C)(C)C)c1. The Balaban J connectivity index is 2.93. The van der Waals surface area contributed by atoms with Crippen LogP contribution in [0.1, 0.15) is 27.2 Å². The molecule has 0 aliphatic rings. The van der Waals surface area contributed by atoms with Crippen LogP contribution in [0.4, 0.5) is 0 Å². The van der Waals surface area contributed by atoms with Crippen molar-refractivity contribution in [3.05, 3.63) is 12.5 Å². The lowest BCUT2D eigenvalue weighted by atomic mass is 9.85. The fourth-order valence-corrected chi connectivity index (χ4v) is 3.07. The maximum Gasteiger partial charge on any atom is 0.259 e. The molecule has 0 amide bonds. The summed E-state index contributed by atoms with van der Waals surface area (Å²) in [6.45, 7) is 6.38. The first-order valence-corrected chi connectivity index (χ1v) is 7.35. The van der Waals surface area contributed by atoms with Crippen LogP contribution in [0.5, 0.6) is 0 Å². The number of aromatic nitrogens is 2. The number of nitrogens with zero attached hydrogens (tertiary/aromatic N) is 2. The van der Waals surface area contributed by atoms with E-state index >= 15 is 0 Å². The van der Waals surface area contributed by atoms with Crippen molar-refractivity contribution in [3.8, 4) is 0 Å². The number of sulfonamides is 1. The zero-order valence-corrected chi connectivity index (χ0v) is 12.2. The summed E-state index contributed by atoms with van der Waals surface area (Å²) < 4.78 is 28.6. The molecular formula is C11H22N4O2S. The van der Waals surface area contributed by atoms with Gasteiger partial charge in [-0.25, -0.2) is 18.1 Å². The van der Waals surface area contributed by atoms with Gasteiger partial charge in [-0.05, 0) is 18.4 Å². The molecule has 104 valence electrons. The van der Waals surface area contributed by atoms with Gasteiger partial charge in [0.2, 0.25) is 0 Å². The highest BCUT2D eigenvalue weighted by molar-refractivity contribution is 7.89. The highest BCUT2D eigenvalue weighted by atomic mass is 32.2. The van der Waals surface area contributed by atoms with E-state index in [-0.39, 0.29) is 16.5 Å². The zero-order valence-electron chi connectivity index (χ0n) is 11.3. The molecule has 0 radical (unpaired) electrons. The number of imidazole rings is 1. The van der Waals surface area contributed by atoms with Crippen molar-refractivity contribution in [2.24, 2.45) is 18.2 Å². The predicted molar refractivity (Wildman–Crippen MR) is 70.4 cm³/mol. The largest absolute Gasteiger partial charge is 0.339 e. The van der Waals surface area contributed by atoms with Gasteiger partial charge in [-0.2, -0.15) is 0 Å². The van der Waals surface area contributed by atoms with Crippen LogP contribution in [0.15, 0.2) is 17.6 Å². The maximum atomic E-state index is 12.1. The van der Waals surface area contributed by atoms with E-state index in [1.54, 1.807) is 11.6 Å². The Morgan fingerprint density at radius 1 is 1.50 bits per heavy atom. The number of hydrogen-bond donors (Lipinski definition) is 2. The molecule has 18 heavy (non-hydrogen) atoms. The molecule has 0 saturated carbocycles. The third-order valence-electron chi connectivity index (χ3n) is 2.75. The summed E-state index contributed by atoms with van der Waals surface area (Å²) in [6, 6.07) is -0.213. The average molecular weight is 274 g/mol. The lowest BCUT2D eigenvalue weighted by Crippen LogP contribution is -2.44. The topological polar surface area (TPSA) is 90.0 Å². The molecule has 0 aliphatic carbocycles. The second kappa shape index (κ2) is 5.38. The normalized spacial score (nSPS) is 14.7. The number of nitrogens with one attached hydrogen (secondary N) is 1. The van der Waals surface area contributed by atoms with E-state index in [4.69, 9.17) is 5.73 Å². The monoisotopic (exact) mass is 274 g/mol. The highest BCUT2D eigenvalue weighted by Gasteiger charge is 2.29. The van der Waals surface area contributed by atoms with Crippen molar-refractivity contribution in [2.75, 3.05) is 6.54 Å². The van der Waals surface area contributed by atoms with Gasteiger partial charge in [0.1, 0.15) is 0 Å². The quantitative estimate of drug-likeness (QED) is 0.816. The fourth-order valence-electron chi connectivity index (χ4n) is 1.61. The molecule has 1 heterocycles. The Morgan fingerprint density at radius 3 is 2.50 bits per heavy atom. The van der Waals surface area contributed by atoms with E-state index in [9.17, 15) is 8.42 Å². The van der Waals surface area contributed by atoms with Gasteiger partial charge >= 0.3 is 0 Å². The zero-order chi connectivity index (χ0) is 14.0. The van der Waals surface area contributed by atoms with Gasteiger partial charge in [0, 0.05) is 19.3 Å². The van der Waals surface area contributed by atoms with Crippen LogP contribution < -0.4 is 10.5 Å². The molecular weight excluding hydrogens is 252 g/mol. The lowest BCUT2D eigenvalue weighted by Gasteiger charge is -2.30. The summed E-state index contributed by atoms with van der Waals surface area (Å²) in [5.74, 6) is 0. The molecule has 1 rings (SSSR count). The van der Waals surface area contributed by atoms with Crippen molar-refractivity contribution < 1.29 is 8.42 Å². The van der Waals surface area contributed by atoms with E-state index < -0.39 is 10.0 Å². The average Bonchev–Trinajstić information content (AvgIpc) is 2.63. The summed E-state index contributed by atoms with van der Waals surface area (Å²) in [7, 11) is -1.85. The Labute approximate surface area is 109 Å². The van der Waals surface area contributed by atoms with Crippen LogP contribution in [-0.4, -0.2) is 30.6 Å². The van der Waals surface area contributed by atoms with Gasteiger partial charge in [0.05, 0.1) is 6.33 Å². The van der Waals surface area contributed by atoms with Crippen molar-refractivity contribution in [2.45, 2.75) is 38.3 Å². The summed E-state index contributed by atoms with van der Waals surface area (Å²) in [6.07, 6.45) is 3.53. The van der Waals surface area contributed by atoms with Crippen molar-refractivity contribution in [3.63, 3.8) is 0 Å². The van der Waals surface area contributed by atoms with E-state index in [1.807, 2.05) is 20.8 Å². The van der Waals surface area contributed by atoms with E-state index in [1.165, 1.54) is 12.5 Å². The first kappa shape index (κ1) is 15.1. The van der Waals surface area contributed by atoms with E-state index in [2.05, 4.69) is 9.71 Å². The molecule has 0 spiro atoms. The van der Waals surface area contributed by atoms with Gasteiger partial charge in [0.25, 0.3) is 10.0 Å².